The van der Waals surface area contributed by atoms with Crippen molar-refractivity contribution in [3.63, 3.8) is 0 Å². The van der Waals surface area contributed by atoms with Gasteiger partial charge < -0.3 is 0 Å². The van der Waals surface area contributed by atoms with Gasteiger partial charge in [-0.05, 0) is 25.3 Å². The van der Waals surface area contributed by atoms with E-state index in [1.54, 1.807) is 12.1 Å². The molecule has 82 valence electrons. The van der Waals surface area contributed by atoms with Crippen LogP contribution in [0.25, 0.3) is 0 Å². The Kier molecular flexibility index (Phi) is 2.51. The van der Waals surface area contributed by atoms with Crippen LogP contribution in [0.3, 0.4) is 0 Å². The summed E-state index contributed by atoms with van der Waals surface area (Å²) in [6, 6.07) is 6.01. The molecule has 0 atom stereocenters. The van der Waals surface area contributed by atoms with Crippen molar-refractivity contribution in [2.24, 2.45) is 0 Å². The number of benzene rings is 1. The fraction of sp³-hybridized carbons (Fsp3) is 0.400. The average molecular weight is 249 g/mol. The van der Waals surface area contributed by atoms with Gasteiger partial charge in [0.2, 0.25) is 0 Å². The first-order valence-corrected chi connectivity index (χ1v) is 6.97. The fourth-order valence-corrected chi connectivity index (χ4v) is 2.96. The third-order valence-corrected chi connectivity index (χ3v) is 4.16. The third kappa shape index (κ3) is 1.88. The van der Waals surface area contributed by atoms with E-state index in [4.69, 9.17) is 10.7 Å². The maximum Gasteiger partial charge on any atom is 0.261 e. The van der Waals surface area contributed by atoms with Crippen molar-refractivity contribution in [1.29, 1.82) is 0 Å². The zero-order chi connectivity index (χ0) is 11.1. The minimum absolute atomic E-state index is 0.103. The van der Waals surface area contributed by atoms with Crippen LogP contribution in [-0.2, 0) is 14.7 Å². The molecule has 0 unspecified atom stereocenters. The van der Waals surface area contributed by atoms with Crippen molar-refractivity contribution < 1.29 is 12.8 Å². The second-order valence-electron chi connectivity index (χ2n) is 3.75. The van der Waals surface area contributed by atoms with Gasteiger partial charge in [0.1, 0.15) is 5.67 Å². The van der Waals surface area contributed by atoms with E-state index >= 15 is 0 Å². The third-order valence-electron chi connectivity index (χ3n) is 2.78. The predicted octanol–water partition coefficient (Wildman–Crippen LogP) is 2.96. The number of alkyl halides is 1. The van der Waals surface area contributed by atoms with Crippen LogP contribution in [0.1, 0.15) is 24.8 Å². The van der Waals surface area contributed by atoms with Gasteiger partial charge in [-0.2, -0.15) is 0 Å². The van der Waals surface area contributed by atoms with Crippen molar-refractivity contribution >= 4 is 19.7 Å². The molecule has 0 amide bonds. The Hall–Kier alpha value is -0.610. The Labute approximate surface area is 92.5 Å². The molecule has 2 rings (SSSR count). The van der Waals surface area contributed by atoms with Crippen LogP contribution in [0.5, 0.6) is 0 Å². The lowest BCUT2D eigenvalue weighted by atomic mass is 9.77. The summed E-state index contributed by atoms with van der Waals surface area (Å²) in [5, 5.41) is 0. The number of rotatable bonds is 2. The van der Waals surface area contributed by atoms with Crippen LogP contribution in [0.2, 0.25) is 0 Å². The largest absolute Gasteiger partial charge is 0.261 e. The second-order valence-corrected chi connectivity index (χ2v) is 6.29. The van der Waals surface area contributed by atoms with Crippen LogP contribution in [0, 0.1) is 0 Å². The van der Waals surface area contributed by atoms with Crippen molar-refractivity contribution in [1.82, 2.24) is 0 Å². The first-order valence-electron chi connectivity index (χ1n) is 4.67. The lowest BCUT2D eigenvalue weighted by Crippen LogP contribution is -2.30. The maximum absolute atomic E-state index is 14.1. The Morgan fingerprint density at radius 1 is 1.27 bits per heavy atom. The van der Waals surface area contributed by atoms with E-state index in [2.05, 4.69) is 0 Å². The smallest absolute Gasteiger partial charge is 0.239 e. The molecule has 1 aromatic carbocycles. The van der Waals surface area contributed by atoms with Crippen molar-refractivity contribution in [2.75, 3.05) is 0 Å². The lowest BCUT2D eigenvalue weighted by Gasteiger charge is -2.35. The highest BCUT2D eigenvalue weighted by Gasteiger charge is 2.41. The molecule has 15 heavy (non-hydrogen) atoms. The Morgan fingerprint density at radius 3 is 2.33 bits per heavy atom. The van der Waals surface area contributed by atoms with Gasteiger partial charge in [0.05, 0.1) is 4.90 Å². The molecule has 0 radical (unpaired) electrons. The average Bonchev–Trinajstić information content (AvgIpc) is 2.13. The van der Waals surface area contributed by atoms with E-state index in [1.165, 1.54) is 12.1 Å². The van der Waals surface area contributed by atoms with E-state index in [9.17, 15) is 12.8 Å². The minimum atomic E-state index is -3.86. The zero-order valence-corrected chi connectivity index (χ0v) is 9.48. The normalized spacial score (nSPS) is 19.6. The molecule has 1 aliphatic carbocycles. The first kappa shape index (κ1) is 10.9. The molecular formula is C10H10ClFO2S. The number of hydrogen-bond donors (Lipinski definition) is 0. The fourth-order valence-electron chi connectivity index (χ4n) is 1.81. The van der Waals surface area contributed by atoms with E-state index in [-0.39, 0.29) is 10.5 Å². The van der Waals surface area contributed by atoms with Crippen LogP contribution >= 0.6 is 10.7 Å². The van der Waals surface area contributed by atoms with Gasteiger partial charge in [-0.1, -0.05) is 18.2 Å². The summed E-state index contributed by atoms with van der Waals surface area (Å²) in [6.45, 7) is 0. The molecule has 0 saturated heterocycles. The molecule has 0 heterocycles. The van der Waals surface area contributed by atoms with Crippen molar-refractivity contribution in [3.05, 3.63) is 29.8 Å². The van der Waals surface area contributed by atoms with Gasteiger partial charge in [-0.15, -0.1) is 0 Å². The summed E-state index contributed by atoms with van der Waals surface area (Å²) in [5.74, 6) is 0. The van der Waals surface area contributed by atoms with E-state index in [0.717, 1.165) is 6.42 Å². The molecule has 1 aliphatic rings. The number of hydrogen-bond acceptors (Lipinski definition) is 2. The van der Waals surface area contributed by atoms with Crippen LogP contribution in [0.4, 0.5) is 4.39 Å². The molecule has 0 bridgehead atoms. The molecule has 0 N–H and O–H groups in total. The molecule has 1 saturated carbocycles. The van der Waals surface area contributed by atoms with Crippen LogP contribution in [-0.4, -0.2) is 8.42 Å². The van der Waals surface area contributed by atoms with Crippen LogP contribution < -0.4 is 0 Å². The molecule has 2 nitrogen and oxygen atoms in total. The quantitative estimate of drug-likeness (QED) is 0.754. The first-order chi connectivity index (χ1) is 6.93. The molecule has 5 heteroatoms. The highest BCUT2D eigenvalue weighted by atomic mass is 35.7. The summed E-state index contributed by atoms with van der Waals surface area (Å²) in [5.41, 5.74) is -1.30. The Morgan fingerprint density at radius 2 is 1.87 bits per heavy atom. The van der Waals surface area contributed by atoms with Gasteiger partial charge in [0, 0.05) is 16.2 Å². The van der Waals surface area contributed by atoms with Crippen molar-refractivity contribution in [2.45, 2.75) is 29.8 Å². The van der Waals surface area contributed by atoms with Crippen LogP contribution in [0.15, 0.2) is 29.2 Å². The van der Waals surface area contributed by atoms with E-state index in [1.807, 2.05) is 0 Å². The molecule has 0 aromatic heterocycles. The predicted molar refractivity (Wildman–Crippen MR) is 56.1 cm³/mol. The zero-order valence-electron chi connectivity index (χ0n) is 7.91. The number of halogens is 2. The topological polar surface area (TPSA) is 34.1 Å². The standard InChI is InChI=1S/C10H10ClFO2S/c11-15(13,14)9-5-2-1-4-8(9)10(12)6-3-7-10/h1-2,4-5H,3,6-7H2. The summed E-state index contributed by atoms with van der Waals surface area (Å²) in [6.07, 6.45) is 1.53. The van der Waals surface area contributed by atoms with Gasteiger partial charge in [0.25, 0.3) is 9.05 Å². The highest BCUT2D eigenvalue weighted by Crippen LogP contribution is 2.47. The summed E-state index contributed by atoms with van der Waals surface area (Å²) >= 11 is 0. The lowest BCUT2D eigenvalue weighted by molar-refractivity contribution is 0.0578. The maximum atomic E-state index is 14.1. The summed E-state index contributed by atoms with van der Waals surface area (Å²) < 4.78 is 36.6. The monoisotopic (exact) mass is 248 g/mol. The second kappa shape index (κ2) is 3.46. The Bertz CT molecular complexity index is 480. The molecular weight excluding hydrogens is 239 g/mol. The summed E-state index contributed by atoms with van der Waals surface area (Å²) in [4.78, 5) is -0.103. The minimum Gasteiger partial charge on any atom is -0.239 e. The Balaban J connectivity index is 2.57. The molecule has 1 aromatic rings. The SMILES string of the molecule is O=S(=O)(Cl)c1ccccc1C1(F)CCC1. The molecule has 1 fully saturated rings. The van der Waals surface area contributed by atoms with Crippen molar-refractivity contribution in [3.8, 4) is 0 Å². The van der Waals surface area contributed by atoms with Gasteiger partial charge >= 0.3 is 0 Å². The highest BCUT2D eigenvalue weighted by molar-refractivity contribution is 8.13. The summed E-state index contributed by atoms with van der Waals surface area (Å²) in [7, 11) is 1.40. The molecule has 0 spiro atoms. The molecule has 0 aliphatic heterocycles. The van der Waals surface area contributed by atoms with E-state index in [0.29, 0.717) is 12.8 Å². The van der Waals surface area contributed by atoms with Gasteiger partial charge in [-0.3, -0.25) is 0 Å². The van der Waals surface area contributed by atoms with E-state index < -0.39 is 14.7 Å². The van der Waals surface area contributed by atoms with Gasteiger partial charge in [-0.25, -0.2) is 12.8 Å². The van der Waals surface area contributed by atoms with Gasteiger partial charge in [0.15, 0.2) is 0 Å².